The van der Waals surface area contributed by atoms with E-state index >= 15 is 0 Å². The predicted molar refractivity (Wildman–Crippen MR) is 93.3 cm³/mol. The smallest absolute Gasteiger partial charge is 0.217 e. The lowest BCUT2D eigenvalue weighted by atomic mass is 10.2. The Balaban J connectivity index is 2.00. The van der Waals surface area contributed by atoms with Gasteiger partial charge in [-0.25, -0.2) is 0 Å². The van der Waals surface area contributed by atoms with E-state index in [-0.39, 0.29) is 5.91 Å². The second kappa shape index (κ2) is 8.72. The summed E-state index contributed by atoms with van der Waals surface area (Å²) in [5.41, 5.74) is 1.33. The van der Waals surface area contributed by atoms with Crippen molar-refractivity contribution in [1.82, 2.24) is 20.1 Å². The summed E-state index contributed by atoms with van der Waals surface area (Å²) in [6.45, 7) is 7.13. The van der Waals surface area contributed by atoms with Crippen molar-refractivity contribution in [1.29, 1.82) is 0 Å². The molecule has 1 aromatic heterocycles. The molecule has 6 heteroatoms. The van der Waals surface area contributed by atoms with E-state index in [9.17, 15) is 4.79 Å². The van der Waals surface area contributed by atoms with Gasteiger partial charge in [-0.15, -0.1) is 10.2 Å². The quantitative estimate of drug-likeness (QED) is 0.755. The van der Waals surface area contributed by atoms with E-state index in [2.05, 4.69) is 58.2 Å². The van der Waals surface area contributed by atoms with E-state index in [0.717, 1.165) is 29.7 Å². The van der Waals surface area contributed by atoms with Gasteiger partial charge in [-0.2, -0.15) is 0 Å². The van der Waals surface area contributed by atoms with Gasteiger partial charge in [-0.05, 0) is 17.9 Å². The van der Waals surface area contributed by atoms with Crippen molar-refractivity contribution in [3.05, 3.63) is 41.7 Å². The molecule has 23 heavy (non-hydrogen) atoms. The van der Waals surface area contributed by atoms with Crippen molar-refractivity contribution in [2.24, 2.45) is 5.92 Å². The number of hydrogen-bond donors (Lipinski definition) is 1. The third kappa shape index (κ3) is 5.71. The van der Waals surface area contributed by atoms with E-state index in [1.807, 2.05) is 6.07 Å². The highest BCUT2D eigenvalue weighted by Crippen LogP contribution is 2.20. The average Bonchev–Trinajstić information content (AvgIpc) is 2.88. The normalized spacial score (nSPS) is 11.0. The van der Waals surface area contributed by atoms with Crippen molar-refractivity contribution < 1.29 is 4.79 Å². The Labute approximate surface area is 141 Å². The maximum atomic E-state index is 11.1. The fourth-order valence-electron chi connectivity index (χ4n) is 2.21. The van der Waals surface area contributed by atoms with Gasteiger partial charge < -0.3 is 9.88 Å². The number of nitrogens with zero attached hydrogens (tertiary/aromatic N) is 3. The maximum absolute atomic E-state index is 11.1. The minimum absolute atomic E-state index is 0.0534. The summed E-state index contributed by atoms with van der Waals surface area (Å²) in [6, 6.07) is 10.4. The Morgan fingerprint density at radius 1 is 1.26 bits per heavy atom. The van der Waals surface area contributed by atoms with Gasteiger partial charge in [0.2, 0.25) is 5.91 Å². The number of aromatic nitrogens is 3. The SMILES string of the molecule is CC(=O)NCc1nnc(SCCc2ccccc2)n1CC(C)C. The van der Waals surface area contributed by atoms with Gasteiger partial charge in [-0.1, -0.05) is 55.9 Å². The molecule has 2 aromatic rings. The van der Waals surface area contributed by atoms with Crippen LogP contribution in [-0.2, 0) is 24.3 Å². The highest BCUT2D eigenvalue weighted by Gasteiger charge is 2.14. The standard InChI is InChI=1S/C17H24N4OS/c1-13(2)12-21-16(11-18-14(3)22)19-20-17(21)23-10-9-15-7-5-4-6-8-15/h4-8,13H,9-12H2,1-3H3,(H,18,22). The molecule has 1 N–H and O–H groups in total. The molecular formula is C17H24N4OS. The number of carbonyl (C=O) groups is 1. The molecule has 1 aromatic carbocycles. The zero-order chi connectivity index (χ0) is 16.7. The molecule has 5 nitrogen and oxygen atoms in total. The van der Waals surface area contributed by atoms with Crippen LogP contribution in [0.15, 0.2) is 35.5 Å². The average molecular weight is 332 g/mol. The lowest BCUT2D eigenvalue weighted by Gasteiger charge is -2.12. The van der Waals surface area contributed by atoms with Gasteiger partial charge >= 0.3 is 0 Å². The second-order valence-corrected chi connectivity index (χ2v) is 6.96. The molecule has 0 aliphatic carbocycles. The highest BCUT2D eigenvalue weighted by molar-refractivity contribution is 7.99. The van der Waals surface area contributed by atoms with Crippen LogP contribution in [0, 0.1) is 5.92 Å². The van der Waals surface area contributed by atoms with E-state index in [1.165, 1.54) is 12.5 Å². The van der Waals surface area contributed by atoms with Crippen LogP contribution in [0.2, 0.25) is 0 Å². The Bertz CT molecular complexity index is 625. The number of amides is 1. The van der Waals surface area contributed by atoms with E-state index < -0.39 is 0 Å². The number of rotatable bonds is 8. The number of aryl methyl sites for hydroxylation is 1. The van der Waals surface area contributed by atoms with Gasteiger partial charge in [0.15, 0.2) is 11.0 Å². The zero-order valence-corrected chi connectivity index (χ0v) is 14.8. The molecule has 0 atom stereocenters. The van der Waals surface area contributed by atoms with Crippen molar-refractivity contribution >= 4 is 17.7 Å². The topological polar surface area (TPSA) is 59.8 Å². The lowest BCUT2D eigenvalue weighted by Crippen LogP contribution is -2.22. The summed E-state index contributed by atoms with van der Waals surface area (Å²) in [5, 5.41) is 12.3. The van der Waals surface area contributed by atoms with E-state index in [1.54, 1.807) is 11.8 Å². The molecule has 1 heterocycles. The first-order chi connectivity index (χ1) is 11.1. The van der Waals surface area contributed by atoms with E-state index in [0.29, 0.717) is 12.5 Å². The van der Waals surface area contributed by atoms with Gasteiger partial charge in [-0.3, -0.25) is 4.79 Å². The third-order valence-corrected chi connectivity index (χ3v) is 4.27. The van der Waals surface area contributed by atoms with Crippen LogP contribution in [-0.4, -0.2) is 26.4 Å². The van der Waals surface area contributed by atoms with Crippen molar-refractivity contribution in [3.63, 3.8) is 0 Å². The summed E-state index contributed by atoms with van der Waals surface area (Å²) in [4.78, 5) is 11.1. The maximum Gasteiger partial charge on any atom is 0.217 e. The Morgan fingerprint density at radius 3 is 2.65 bits per heavy atom. The van der Waals surface area contributed by atoms with Crippen LogP contribution in [0.5, 0.6) is 0 Å². The third-order valence-electron chi connectivity index (χ3n) is 3.30. The van der Waals surface area contributed by atoms with Crippen LogP contribution < -0.4 is 5.32 Å². The fraction of sp³-hybridized carbons (Fsp3) is 0.471. The minimum Gasteiger partial charge on any atom is -0.349 e. The molecule has 0 fully saturated rings. The number of benzene rings is 1. The first-order valence-electron chi connectivity index (χ1n) is 7.89. The number of hydrogen-bond acceptors (Lipinski definition) is 4. The molecule has 0 saturated heterocycles. The van der Waals surface area contributed by atoms with Gasteiger partial charge in [0.1, 0.15) is 0 Å². The molecule has 0 unspecified atom stereocenters. The zero-order valence-electron chi connectivity index (χ0n) is 14.0. The van der Waals surface area contributed by atoms with Gasteiger partial charge in [0.25, 0.3) is 0 Å². The van der Waals surface area contributed by atoms with Gasteiger partial charge in [0, 0.05) is 19.2 Å². The molecule has 124 valence electrons. The lowest BCUT2D eigenvalue weighted by molar-refractivity contribution is -0.119. The van der Waals surface area contributed by atoms with Crippen molar-refractivity contribution in [3.8, 4) is 0 Å². The first kappa shape index (κ1) is 17.5. The first-order valence-corrected chi connectivity index (χ1v) is 8.88. The molecular weight excluding hydrogens is 308 g/mol. The summed E-state index contributed by atoms with van der Waals surface area (Å²) in [5.74, 6) is 2.22. The minimum atomic E-state index is -0.0534. The number of nitrogens with one attached hydrogen (secondary N) is 1. The van der Waals surface area contributed by atoms with Crippen LogP contribution >= 0.6 is 11.8 Å². The van der Waals surface area contributed by atoms with Crippen LogP contribution in [0.1, 0.15) is 32.2 Å². The Kier molecular flexibility index (Phi) is 6.65. The van der Waals surface area contributed by atoms with Crippen LogP contribution in [0.3, 0.4) is 0 Å². The Morgan fingerprint density at radius 2 is 2.00 bits per heavy atom. The molecule has 0 aliphatic heterocycles. The fourth-order valence-corrected chi connectivity index (χ4v) is 3.17. The molecule has 2 rings (SSSR count). The summed E-state index contributed by atoms with van der Waals surface area (Å²) in [7, 11) is 0. The predicted octanol–water partition coefficient (Wildman–Crippen LogP) is 2.91. The summed E-state index contributed by atoms with van der Waals surface area (Å²) >= 11 is 1.72. The van der Waals surface area contributed by atoms with Crippen LogP contribution in [0.25, 0.3) is 0 Å². The Hall–Kier alpha value is -1.82. The van der Waals surface area contributed by atoms with Crippen molar-refractivity contribution in [2.75, 3.05) is 5.75 Å². The van der Waals surface area contributed by atoms with Gasteiger partial charge in [0.05, 0.1) is 6.54 Å². The summed E-state index contributed by atoms with van der Waals surface area (Å²) < 4.78 is 2.12. The van der Waals surface area contributed by atoms with Crippen molar-refractivity contribution in [2.45, 2.75) is 45.4 Å². The van der Waals surface area contributed by atoms with E-state index in [4.69, 9.17) is 0 Å². The number of thioether (sulfide) groups is 1. The molecule has 0 spiro atoms. The monoisotopic (exact) mass is 332 g/mol. The highest BCUT2D eigenvalue weighted by atomic mass is 32.2. The number of carbonyl (C=O) groups excluding carboxylic acids is 1. The molecule has 0 aliphatic rings. The summed E-state index contributed by atoms with van der Waals surface area (Å²) in [6.07, 6.45) is 1.00. The largest absolute Gasteiger partial charge is 0.349 e. The molecule has 0 radical (unpaired) electrons. The molecule has 1 amide bonds. The second-order valence-electron chi connectivity index (χ2n) is 5.90. The molecule has 0 saturated carbocycles. The molecule has 0 bridgehead atoms. The van der Waals surface area contributed by atoms with Crippen LogP contribution in [0.4, 0.5) is 0 Å².